The van der Waals surface area contributed by atoms with Crippen molar-refractivity contribution in [3.05, 3.63) is 29.3 Å². The summed E-state index contributed by atoms with van der Waals surface area (Å²) in [4.78, 5) is 0. The average Bonchev–Trinajstić information content (AvgIpc) is 2.17. The second kappa shape index (κ2) is 5.32. The van der Waals surface area contributed by atoms with Crippen molar-refractivity contribution in [2.45, 2.75) is 20.3 Å². The first-order chi connectivity index (χ1) is 6.69. The lowest BCUT2D eigenvalue weighted by molar-refractivity contribution is 0.339. The normalized spacial score (nSPS) is 9.93. The number of rotatable bonds is 4. The molecule has 0 aliphatic heterocycles. The van der Waals surface area contributed by atoms with Gasteiger partial charge in [-0.3, -0.25) is 0 Å². The van der Waals surface area contributed by atoms with E-state index in [-0.39, 0.29) is 0 Å². The molecule has 0 N–H and O–H groups in total. The van der Waals surface area contributed by atoms with E-state index in [0.29, 0.717) is 10.9 Å². The molecule has 0 saturated heterocycles. The zero-order valence-corrected chi connectivity index (χ0v) is 9.91. The summed E-state index contributed by atoms with van der Waals surface area (Å²) in [7, 11) is 0. The highest BCUT2D eigenvalue weighted by Crippen LogP contribution is 2.23. The zero-order chi connectivity index (χ0) is 10.6. The molecule has 1 rings (SSSR count). The third kappa shape index (κ3) is 2.69. The highest BCUT2D eigenvalue weighted by atomic mass is 35.5. The molecule has 14 heavy (non-hydrogen) atoms. The van der Waals surface area contributed by atoms with Crippen LogP contribution in [0.4, 0.5) is 0 Å². The summed E-state index contributed by atoms with van der Waals surface area (Å²) in [5.74, 6) is 0.784. The van der Waals surface area contributed by atoms with E-state index < -0.39 is 0 Å². The van der Waals surface area contributed by atoms with E-state index in [1.54, 1.807) is 0 Å². The molecule has 0 aromatic heterocycles. The maximum Gasteiger partial charge on any atom is 0.129 e. The summed E-state index contributed by atoms with van der Waals surface area (Å²) in [5, 5.41) is 0. The van der Waals surface area contributed by atoms with E-state index in [1.165, 1.54) is 5.56 Å². The van der Waals surface area contributed by atoms with E-state index in [1.807, 2.05) is 25.1 Å². The van der Waals surface area contributed by atoms with Gasteiger partial charge in [-0.2, -0.15) is 0 Å². The maximum atomic E-state index is 5.79. The van der Waals surface area contributed by atoms with Crippen LogP contribution in [0.1, 0.15) is 25.0 Å². The molecule has 0 aliphatic carbocycles. The summed E-state index contributed by atoms with van der Waals surface area (Å²) >= 11 is 10.7. The molecule has 76 valence electrons. The number of hydrogen-bond acceptors (Lipinski definition) is 2. The lowest BCUT2D eigenvalue weighted by Gasteiger charge is -2.09. The highest BCUT2D eigenvalue weighted by Gasteiger charge is 2.07. The molecule has 0 radical (unpaired) electrons. The van der Waals surface area contributed by atoms with Crippen molar-refractivity contribution in [3.63, 3.8) is 0 Å². The first kappa shape index (κ1) is 11.5. The smallest absolute Gasteiger partial charge is 0.129 e. The predicted molar refractivity (Wildman–Crippen MR) is 64.5 cm³/mol. The highest BCUT2D eigenvalue weighted by molar-refractivity contribution is 7.83. The molecule has 1 nitrogen and oxygen atoms in total. The van der Waals surface area contributed by atoms with Gasteiger partial charge in [0.1, 0.15) is 10.1 Å². The summed E-state index contributed by atoms with van der Waals surface area (Å²) in [6, 6.07) is 5.93. The minimum atomic E-state index is 0.358. The van der Waals surface area contributed by atoms with Crippen LogP contribution < -0.4 is 4.74 Å². The van der Waals surface area contributed by atoms with Crippen molar-refractivity contribution in [1.29, 1.82) is 0 Å². The van der Waals surface area contributed by atoms with E-state index in [9.17, 15) is 0 Å². The van der Waals surface area contributed by atoms with E-state index in [2.05, 4.69) is 6.92 Å². The van der Waals surface area contributed by atoms with Gasteiger partial charge < -0.3 is 4.74 Å². The second-order valence-corrected chi connectivity index (χ2v) is 3.90. The number of aryl methyl sites for hydroxylation is 1. The van der Waals surface area contributed by atoms with Crippen LogP contribution in [-0.2, 0) is 6.42 Å². The molecule has 0 heterocycles. The molecular formula is C11H13ClOS. The fourth-order valence-corrected chi connectivity index (χ4v) is 1.55. The Balaban J connectivity index is 3.10. The Labute approximate surface area is 95.0 Å². The fraction of sp³-hybridized carbons (Fsp3) is 0.364. The molecular weight excluding hydrogens is 216 g/mol. The monoisotopic (exact) mass is 228 g/mol. The van der Waals surface area contributed by atoms with Crippen LogP contribution in [0.2, 0.25) is 0 Å². The van der Waals surface area contributed by atoms with Crippen LogP contribution in [0.5, 0.6) is 5.75 Å². The van der Waals surface area contributed by atoms with E-state index in [4.69, 9.17) is 28.6 Å². The summed E-state index contributed by atoms with van der Waals surface area (Å²) < 4.78 is 5.83. The number of hydrogen-bond donors (Lipinski definition) is 0. The molecule has 0 spiro atoms. The molecule has 1 aromatic carbocycles. The van der Waals surface area contributed by atoms with Gasteiger partial charge in [-0.25, -0.2) is 0 Å². The molecule has 0 amide bonds. The van der Waals surface area contributed by atoms with Gasteiger partial charge in [-0.05, 0) is 31.0 Å². The molecule has 0 bridgehead atoms. The van der Waals surface area contributed by atoms with Gasteiger partial charge in [0.15, 0.2) is 0 Å². The van der Waals surface area contributed by atoms with Gasteiger partial charge in [0, 0.05) is 5.56 Å². The molecule has 3 heteroatoms. The standard InChI is InChI=1S/C11H13ClOS/c1-3-8-5-6-9(11(12)14)10(7-8)13-4-2/h5-7H,3-4H2,1-2H3. The summed E-state index contributed by atoms with van der Waals surface area (Å²) in [6.45, 7) is 4.67. The predicted octanol–water partition coefficient (Wildman–Crippen LogP) is 3.56. The number of halogens is 1. The van der Waals surface area contributed by atoms with Crippen molar-refractivity contribution in [3.8, 4) is 5.75 Å². The quantitative estimate of drug-likeness (QED) is 0.576. The largest absolute Gasteiger partial charge is 0.493 e. The van der Waals surface area contributed by atoms with Crippen molar-refractivity contribution < 1.29 is 4.74 Å². The Morgan fingerprint density at radius 2 is 2.14 bits per heavy atom. The number of ether oxygens (including phenoxy) is 1. The van der Waals surface area contributed by atoms with Gasteiger partial charge in [0.25, 0.3) is 0 Å². The van der Waals surface area contributed by atoms with E-state index in [0.717, 1.165) is 17.7 Å². The number of thiocarbonyl (C=S) groups is 1. The van der Waals surface area contributed by atoms with Gasteiger partial charge in [-0.1, -0.05) is 36.8 Å². The Hall–Kier alpha value is -0.600. The Morgan fingerprint density at radius 1 is 1.43 bits per heavy atom. The Morgan fingerprint density at radius 3 is 2.64 bits per heavy atom. The molecule has 0 saturated carbocycles. The number of benzene rings is 1. The Kier molecular flexibility index (Phi) is 4.36. The van der Waals surface area contributed by atoms with Crippen LogP contribution in [0.15, 0.2) is 18.2 Å². The molecule has 0 fully saturated rings. The lowest BCUT2D eigenvalue weighted by Crippen LogP contribution is -1.99. The van der Waals surface area contributed by atoms with Gasteiger partial charge in [0.2, 0.25) is 0 Å². The van der Waals surface area contributed by atoms with Crippen LogP contribution in [0, 0.1) is 0 Å². The summed E-state index contributed by atoms with van der Waals surface area (Å²) in [5.41, 5.74) is 2.03. The third-order valence-electron chi connectivity index (χ3n) is 1.97. The molecule has 0 atom stereocenters. The second-order valence-electron chi connectivity index (χ2n) is 2.89. The maximum absolute atomic E-state index is 5.79. The van der Waals surface area contributed by atoms with Crippen molar-refractivity contribution in [2.75, 3.05) is 6.61 Å². The molecule has 0 aliphatic rings. The Bertz CT molecular complexity index is 336. The minimum Gasteiger partial charge on any atom is -0.493 e. The van der Waals surface area contributed by atoms with Crippen LogP contribution in [-0.4, -0.2) is 10.9 Å². The SMILES string of the molecule is CCOc1cc(CC)ccc1C(=S)Cl. The van der Waals surface area contributed by atoms with Crippen molar-refractivity contribution >= 4 is 28.1 Å². The lowest BCUT2D eigenvalue weighted by atomic mass is 10.1. The fourth-order valence-electron chi connectivity index (χ4n) is 1.22. The van der Waals surface area contributed by atoms with Crippen molar-refractivity contribution in [1.82, 2.24) is 0 Å². The topological polar surface area (TPSA) is 9.23 Å². The molecule has 1 aromatic rings. The average molecular weight is 229 g/mol. The van der Waals surface area contributed by atoms with Gasteiger partial charge in [0.05, 0.1) is 6.61 Å². The van der Waals surface area contributed by atoms with Gasteiger partial charge in [-0.15, -0.1) is 0 Å². The van der Waals surface area contributed by atoms with Gasteiger partial charge >= 0.3 is 0 Å². The zero-order valence-electron chi connectivity index (χ0n) is 8.34. The van der Waals surface area contributed by atoms with E-state index >= 15 is 0 Å². The van der Waals surface area contributed by atoms with Crippen LogP contribution >= 0.6 is 23.8 Å². The first-order valence-electron chi connectivity index (χ1n) is 4.64. The molecule has 0 unspecified atom stereocenters. The van der Waals surface area contributed by atoms with Crippen molar-refractivity contribution in [2.24, 2.45) is 0 Å². The summed E-state index contributed by atoms with van der Waals surface area (Å²) in [6.07, 6.45) is 0.982. The van der Waals surface area contributed by atoms with Crippen LogP contribution in [0.3, 0.4) is 0 Å². The first-order valence-corrected chi connectivity index (χ1v) is 5.43. The third-order valence-corrected chi connectivity index (χ3v) is 2.39. The van der Waals surface area contributed by atoms with Crippen LogP contribution in [0.25, 0.3) is 0 Å². The minimum absolute atomic E-state index is 0.358.